The minimum Gasteiger partial charge on any atom is -0.375 e. The topological polar surface area (TPSA) is 9.23 Å². The second kappa shape index (κ2) is 3.02. The number of ether oxygens (including phenoxy) is 1. The number of fused-ring (bicyclic) bond motifs is 2. The van der Waals surface area contributed by atoms with Crippen LogP contribution in [0.3, 0.4) is 0 Å². The summed E-state index contributed by atoms with van der Waals surface area (Å²) in [6.45, 7) is 5.47. The highest BCUT2D eigenvalue weighted by Gasteiger charge is 2.48. The van der Waals surface area contributed by atoms with Crippen molar-refractivity contribution < 1.29 is 4.74 Å². The summed E-state index contributed by atoms with van der Waals surface area (Å²) in [5, 5.41) is 0. The molecule has 2 rings (SSSR count). The summed E-state index contributed by atoms with van der Waals surface area (Å²) >= 11 is 0. The van der Waals surface area contributed by atoms with Crippen LogP contribution in [0.2, 0.25) is 0 Å². The van der Waals surface area contributed by atoms with Crippen LogP contribution in [0.25, 0.3) is 0 Å². The monoisotopic (exact) mass is 168 g/mol. The van der Waals surface area contributed by atoms with E-state index in [-0.39, 0.29) is 5.60 Å². The van der Waals surface area contributed by atoms with Gasteiger partial charge in [0.1, 0.15) is 0 Å². The molecule has 0 radical (unpaired) electrons. The fourth-order valence-corrected chi connectivity index (χ4v) is 3.07. The van der Waals surface area contributed by atoms with Gasteiger partial charge in [-0.2, -0.15) is 0 Å². The lowest BCUT2D eigenvalue weighted by Gasteiger charge is -2.34. The Bertz CT molecular complexity index is 166. The van der Waals surface area contributed by atoms with Gasteiger partial charge in [-0.3, -0.25) is 0 Å². The molecule has 0 aliphatic heterocycles. The molecule has 3 atom stereocenters. The van der Waals surface area contributed by atoms with Gasteiger partial charge in [0, 0.05) is 6.61 Å². The summed E-state index contributed by atoms with van der Waals surface area (Å²) in [6, 6.07) is 0. The molecule has 0 aromatic rings. The lowest BCUT2D eigenvalue weighted by molar-refractivity contribution is -0.0690. The Morgan fingerprint density at radius 1 is 1.42 bits per heavy atom. The summed E-state index contributed by atoms with van der Waals surface area (Å²) < 4.78 is 5.97. The van der Waals surface area contributed by atoms with Crippen molar-refractivity contribution in [2.24, 2.45) is 11.8 Å². The van der Waals surface area contributed by atoms with Gasteiger partial charge in [-0.25, -0.2) is 0 Å². The van der Waals surface area contributed by atoms with Crippen LogP contribution in [0.5, 0.6) is 0 Å². The molecule has 0 saturated heterocycles. The van der Waals surface area contributed by atoms with E-state index < -0.39 is 0 Å². The van der Waals surface area contributed by atoms with E-state index in [1.54, 1.807) is 0 Å². The van der Waals surface area contributed by atoms with Crippen LogP contribution in [0, 0.1) is 11.8 Å². The summed E-state index contributed by atoms with van der Waals surface area (Å²) in [5.41, 5.74) is 0.263. The van der Waals surface area contributed by atoms with E-state index in [2.05, 4.69) is 13.8 Å². The fourth-order valence-electron chi connectivity index (χ4n) is 3.07. The second-order valence-corrected chi connectivity index (χ2v) is 4.74. The Hall–Kier alpha value is -0.0400. The van der Waals surface area contributed by atoms with E-state index in [9.17, 15) is 0 Å². The third-order valence-electron chi connectivity index (χ3n) is 3.73. The zero-order valence-corrected chi connectivity index (χ0v) is 8.31. The smallest absolute Gasteiger partial charge is 0.0685 e. The molecule has 2 aliphatic rings. The predicted octanol–water partition coefficient (Wildman–Crippen LogP) is 2.99. The van der Waals surface area contributed by atoms with Gasteiger partial charge < -0.3 is 4.74 Å². The average Bonchev–Trinajstić information content (AvgIpc) is 2.60. The third kappa shape index (κ3) is 1.28. The van der Waals surface area contributed by atoms with Crippen molar-refractivity contribution in [1.82, 2.24) is 0 Å². The van der Waals surface area contributed by atoms with Gasteiger partial charge in [0.2, 0.25) is 0 Å². The van der Waals surface area contributed by atoms with Crippen molar-refractivity contribution in [3.8, 4) is 0 Å². The maximum atomic E-state index is 5.97. The van der Waals surface area contributed by atoms with Crippen LogP contribution in [-0.2, 0) is 4.74 Å². The third-order valence-corrected chi connectivity index (χ3v) is 3.73. The van der Waals surface area contributed by atoms with Crippen LogP contribution < -0.4 is 0 Å². The van der Waals surface area contributed by atoms with Crippen molar-refractivity contribution in [3.05, 3.63) is 0 Å². The van der Waals surface area contributed by atoms with Crippen LogP contribution in [0.1, 0.15) is 46.0 Å². The Labute approximate surface area is 75.5 Å². The molecule has 2 bridgehead atoms. The quantitative estimate of drug-likeness (QED) is 0.629. The van der Waals surface area contributed by atoms with E-state index in [4.69, 9.17) is 4.74 Å². The Morgan fingerprint density at radius 2 is 2.25 bits per heavy atom. The lowest BCUT2D eigenvalue weighted by Crippen LogP contribution is -2.35. The maximum Gasteiger partial charge on any atom is 0.0685 e. The molecule has 2 saturated carbocycles. The number of rotatable bonds is 3. The molecule has 12 heavy (non-hydrogen) atoms. The molecule has 1 heteroatoms. The van der Waals surface area contributed by atoms with Gasteiger partial charge in [-0.1, -0.05) is 6.92 Å². The summed E-state index contributed by atoms with van der Waals surface area (Å²) in [4.78, 5) is 0. The summed E-state index contributed by atoms with van der Waals surface area (Å²) in [6.07, 6.45) is 6.82. The Balaban J connectivity index is 1.93. The molecular formula is C11H20O. The molecule has 1 nitrogen and oxygen atoms in total. The first-order valence-corrected chi connectivity index (χ1v) is 5.38. The van der Waals surface area contributed by atoms with Gasteiger partial charge in [0.25, 0.3) is 0 Å². The largest absolute Gasteiger partial charge is 0.375 e. The molecule has 0 amide bonds. The maximum absolute atomic E-state index is 5.97. The molecule has 0 heterocycles. The SMILES string of the molecule is CCCOC1(C)CC2CCC1C2. The van der Waals surface area contributed by atoms with Crippen molar-refractivity contribution in [1.29, 1.82) is 0 Å². The standard InChI is InChI=1S/C11H20O/c1-3-6-12-11(2)8-9-4-5-10(11)7-9/h9-10H,3-8H2,1-2H3. The molecular weight excluding hydrogens is 148 g/mol. The fraction of sp³-hybridized carbons (Fsp3) is 1.00. The average molecular weight is 168 g/mol. The number of hydrogen-bond acceptors (Lipinski definition) is 1. The van der Waals surface area contributed by atoms with Crippen molar-refractivity contribution >= 4 is 0 Å². The minimum atomic E-state index is 0.263. The van der Waals surface area contributed by atoms with Crippen molar-refractivity contribution in [3.63, 3.8) is 0 Å². The van der Waals surface area contributed by atoms with E-state index in [1.807, 2.05) is 0 Å². The second-order valence-electron chi connectivity index (χ2n) is 4.74. The van der Waals surface area contributed by atoms with Gasteiger partial charge in [0.15, 0.2) is 0 Å². The van der Waals surface area contributed by atoms with Crippen LogP contribution in [0.15, 0.2) is 0 Å². The first kappa shape index (κ1) is 8.55. The molecule has 0 N–H and O–H groups in total. The van der Waals surface area contributed by atoms with Crippen LogP contribution >= 0.6 is 0 Å². The highest BCUT2D eigenvalue weighted by molar-refractivity contribution is 4.99. The van der Waals surface area contributed by atoms with Crippen LogP contribution in [-0.4, -0.2) is 12.2 Å². The lowest BCUT2D eigenvalue weighted by atomic mass is 9.86. The van der Waals surface area contributed by atoms with Crippen LogP contribution in [0.4, 0.5) is 0 Å². The zero-order chi connectivity index (χ0) is 8.60. The summed E-state index contributed by atoms with van der Waals surface area (Å²) in [7, 11) is 0. The molecule has 0 aromatic heterocycles. The van der Waals surface area contributed by atoms with E-state index in [1.165, 1.54) is 25.7 Å². The first-order valence-electron chi connectivity index (χ1n) is 5.38. The molecule has 2 aliphatic carbocycles. The van der Waals surface area contributed by atoms with Gasteiger partial charge in [-0.15, -0.1) is 0 Å². The van der Waals surface area contributed by atoms with E-state index >= 15 is 0 Å². The zero-order valence-electron chi connectivity index (χ0n) is 8.31. The Morgan fingerprint density at radius 3 is 2.75 bits per heavy atom. The molecule has 0 spiro atoms. The summed E-state index contributed by atoms with van der Waals surface area (Å²) in [5.74, 6) is 1.88. The van der Waals surface area contributed by atoms with Gasteiger partial charge in [0.05, 0.1) is 5.60 Å². The molecule has 0 aromatic carbocycles. The van der Waals surface area contributed by atoms with Gasteiger partial charge in [-0.05, 0) is 50.9 Å². The molecule has 3 unspecified atom stereocenters. The number of hydrogen-bond donors (Lipinski definition) is 0. The van der Waals surface area contributed by atoms with E-state index in [0.717, 1.165) is 24.9 Å². The molecule has 2 fully saturated rings. The van der Waals surface area contributed by atoms with Crippen molar-refractivity contribution in [2.45, 2.75) is 51.6 Å². The van der Waals surface area contributed by atoms with E-state index in [0.29, 0.717) is 0 Å². The normalized spacial score (nSPS) is 45.5. The first-order chi connectivity index (χ1) is 5.74. The Kier molecular flexibility index (Phi) is 2.16. The predicted molar refractivity (Wildman–Crippen MR) is 50.1 cm³/mol. The van der Waals surface area contributed by atoms with Crippen molar-refractivity contribution in [2.75, 3.05) is 6.61 Å². The highest BCUT2D eigenvalue weighted by Crippen LogP contribution is 2.52. The molecule has 70 valence electrons. The van der Waals surface area contributed by atoms with Gasteiger partial charge >= 0.3 is 0 Å². The minimum absolute atomic E-state index is 0.263. The highest BCUT2D eigenvalue weighted by atomic mass is 16.5.